The topological polar surface area (TPSA) is 94.1 Å². The molecule has 0 aromatic rings. The highest BCUT2D eigenvalue weighted by molar-refractivity contribution is 7.44. The van der Waals surface area contributed by atoms with E-state index in [4.69, 9.17) is 13.7 Å². The fourth-order valence-electron chi connectivity index (χ4n) is 1.68. The van der Waals surface area contributed by atoms with Crippen LogP contribution in [-0.2, 0) is 36.4 Å². The van der Waals surface area contributed by atoms with Gasteiger partial charge < -0.3 is 24.4 Å². The van der Waals surface area contributed by atoms with Crippen molar-refractivity contribution in [3.05, 3.63) is 0 Å². The number of carbonyl (C=O) groups is 1. The van der Waals surface area contributed by atoms with E-state index in [0.717, 1.165) is 14.0 Å². The van der Waals surface area contributed by atoms with Gasteiger partial charge in [0.05, 0.1) is 13.7 Å². The van der Waals surface area contributed by atoms with Crippen LogP contribution in [0, 0.1) is 0 Å². The molecule has 1 fully saturated rings. The third-order valence-electron chi connectivity index (χ3n) is 2.59. The molecule has 1 rings (SSSR count). The average molecular weight is 299 g/mol. The largest absolute Gasteiger partial charge is 0.723 e. The third-order valence-corrected chi connectivity index (χ3v) is 2.59. The fraction of sp³-hybridized carbons (Fsp3) is 0.900. The van der Waals surface area contributed by atoms with E-state index in [-0.39, 0.29) is 6.61 Å². The first-order chi connectivity index (χ1) is 8.74. The van der Waals surface area contributed by atoms with Gasteiger partial charge in [0, 0.05) is 0 Å². The summed E-state index contributed by atoms with van der Waals surface area (Å²) in [6, 6.07) is 0. The molecule has 0 bridgehead atoms. The van der Waals surface area contributed by atoms with Gasteiger partial charge in [0.15, 0.2) is 18.3 Å². The molecule has 0 amide bonds. The first-order valence-electron chi connectivity index (χ1n) is 5.29. The molecule has 0 aromatic carbocycles. The lowest BCUT2D eigenvalue weighted by atomic mass is 9.97. The molecule has 1 unspecified atom stereocenters. The Hall–Kier alpha value is -0.740. The fourth-order valence-corrected chi connectivity index (χ4v) is 1.68. The van der Waals surface area contributed by atoms with Crippen LogP contribution in [0.5, 0.6) is 0 Å². The molecule has 9 heteroatoms. The number of rotatable bonds is 4. The van der Waals surface area contributed by atoms with Crippen LogP contribution >= 0.6 is 0 Å². The average Bonchev–Trinajstić information content (AvgIpc) is 2.71. The maximum Gasteiger partial charge on any atom is 0.346 e. The molecule has 1 aliphatic heterocycles. The molecule has 19 heavy (non-hydrogen) atoms. The number of hydrogen-bond donors (Lipinski definition) is 0. The first-order valence-corrected chi connectivity index (χ1v) is 5.62. The van der Waals surface area contributed by atoms with Crippen molar-refractivity contribution < 1.29 is 37.7 Å². The monoisotopic (exact) mass is 299 g/mol. The van der Waals surface area contributed by atoms with E-state index in [2.05, 4.69) is 22.2 Å². The standard InChI is InChI=1S/C10H17FO6.OS/c1-9(2)15-5-6(16-9)7(17-13)10(3,11)8(12)14-4;1-2/h6-7,13H,5H2,1-4H3;/p-1/t6?,7-,10-;/m1./s1. The Balaban J connectivity index is 0.00000154. The Morgan fingerprint density at radius 2 is 2.11 bits per heavy atom. The number of halogens is 1. The normalized spacial score (nSPS) is 25.7. The lowest BCUT2D eigenvalue weighted by Gasteiger charge is -2.34. The molecule has 0 spiro atoms. The summed E-state index contributed by atoms with van der Waals surface area (Å²) in [7, 11) is 1.03. The smallest absolute Gasteiger partial charge is 0.346 e. The summed E-state index contributed by atoms with van der Waals surface area (Å²) in [5, 5.41) is 10.6. The van der Waals surface area contributed by atoms with Gasteiger partial charge in [-0.3, -0.25) is 0 Å². The van der Waals surface area contributed by atoms with Crippen molar-refractivity contribution in [1.29, 1.82) is 0 Å². The molecule has 112 valence electrons. The Morgan fingerprint density at radius 1 is 1.58 bits per heavy atom. The van der Waals surface area contributed by atoms with E-state index in [1.54, 1.807) is 13.8 Å². The van der Waals surface area contributed by atoms with Gasteiger partial charge in [0.1, 0.15) is 12.2 Å². The molecule has 0 aliphatic carbocycles. The van der Waals surface area contributed by atoms with Crippen molar-refractivity contribution >= 4 is 18.5 Å². The molecule has 1 aliphatic rings. The van der Waals surface area contributed by atoms with Gasteiger partial charge in [-0.1, -0.05) is 0 Å². The zero-order valence-electron chi connectivity index (χ0n) is 11.0. The quantitative estimate of drug-likeness (QED) is 0.384. The van der Waals surface area contributed by atoms with Crippen molar-refractivity contribution in [2.75, 3.05) is 13.7 Å². The molecule has 0 saturated carbocycles. The molecule has 0 N–H and O–H groups in total. The van der Waals surface area contributed by atoms with Gasteiger partial charge in [-0.05, 0) is 20.8 Å². The van der Waals surface area contributed by atoms with Crippen LogP contribution < -0.4 is 5.26 Å². The van der Waals surface area contributed by atoms with Crippen molar-refractivity contribution in [2.24, 2.45) is 0 Å². The lowest BCUT2D eigenvalue weighted by Crippen LogP contribution is -2.54. The van der Waals surface area contributed by atoms with Crippen molar-refractivity contribution in [2.45, 2.75) is 44.4 Å². The SMILES string of the molecule is COC(=O)[C@](C)(F)[C@H](O[O-])C1COC(C)(C)O1.O=S. The summed E-state index contributed by atoms with van der Waals surface area (Å²) in [6.45, 7) is 4.11. The van der Waals surface area contributed by atoms with Crippen LogP contribution in [0.1, 0.15) is 20.8 Å². The Morgan fingerprint density at radius 3 is 2.42 bits per heavy atom. The van der Waals surface area contributed by atoms with Crippen molar-refractivity contribution in [3.63, 3.8) is 0 Å². The maximum atomic E-state index is 14.1. The van der Waals surface area contributed by atoms with Crippen LogP contribution in [0.3, 0.4) is 0 Å². The Kier molecular flexibility index (Phi) is 6.87. The van der Waals surface area contributed by atoms with E-state index < -0.39 is 29.6 Å². The Labute approximate surface area is 115 Å². The zero-order chi connectivity index (χ0) is 15.3. The number of ether oxygens (including phenoxy) is 3. The zero-order valence-corrected chi connectivity index (χ0v) is 11.8. The highest BCUT2D eigenvalue weighted by atomic mass is 32.1. The molecule has 0 aromatic heterocycles. The Bertz CT molecular complexity index is 310. The highest BCUT2D eigenvalue weighted by Crippen LogP contribution is 2.31. The second-order valence-electron chi connectivity index (χ2n) is 4.45. The van der Waals surface area contributed by atoms with E-state index in [1.165, 1.54) is 0 Å². The minimum Gasteiger partial charge on any atom is -0.723 e. The van der Waals surface area contributed by atoms with Gasteiger partial charge in [0.2, 0.25) is 5.67 Å². The minimum absolute atomic E-state index is 0.0313. The maximum absolute atomic E-state index is 14.1. The van der Waals surface area contributed by atoms with Crippen LogP contribution in [0.4, 0.5) is 4.39 Å². The molecular formula is C10H16FO7S-. The molecule has 3 atom stereocenters. The molecule has 1 heterocycles. The van der Waals surface area contributed by atoms with Gasteiger partial charge in [-0.2, -0.15) is 4.21 Å². The summed E-state index contributed by atoms with van der Waals surface area (Å²) in [4.78, 5) is 15.0. The first kappa shape index (κ1) is 18.3. The summed E-state index contributed by atoms with van der Waals surface area (Å²) < 4.78 is 36.7. The predicted molar refractivity (Wildman–Crippen MR) is 59.4 cm³/mol. The number of hydrogen-bond acceptors (Lipinski definition) is 8. The van der Waals surface area contributed by atoms with E-state index in [0.29, 0.717) is 0 Å². The third kappa shape index (κ3) is 4.39. The second-order valence-corrected chi connectivity index (χ2v) is 4.45. The van der Waals surface area contributed by atoms with Gasteiger partial charge in [-0.25, -0.2) is 9.18 Å². The lowest BCUT2D eigenvalue weighted by molar-refractivity contribution is -0.709. The summed E-state index contributed by atoms with van der Waals surface area (Å²) in [5.41, 5.74) is -2.59. The van der Waals surface area contributed by atoms with Crippen LogP contribution in [0.25, 0.3) is 0 Å². The molecule has 7 nitrogen and oxygen atoms in total. The predicted octanol–water partition coefficient (Wildman–Crippen LogP) is -0.637. The van der Waals surface area contributed by atoms with Crippen LogP contribution in [0.15, 0.2) is 0 Å². The van der Waals surface area contributed by atoms with Gasteiger partial charge in [0.25, 0.3) is 0 Å². The van der Waals surface area contributed by atoms with Crippen LogP contribution in [-0.4, -0.2) is 47.6 Å². The summed E-state index contributed by atoms with van der Waals surface area (Å²) in [6.07, 6.45) is -2.59. The van der Waals surface area contributed by atoms with Gasteiger partial charge in [-0.15, -0.1) is 0 Å². The van der Waals surface area contributed by atoms with E-state index >= 15 is 0 Å². The minimum atomic E-state index is -2.59. The summed E-state index contributed by atoms with van der Waals surface area (Å²) >= 11 is 2.83. The van der Waals surface area contributed by atoms with Crippen molar-refractivity contribution in [3.8, 4) is 0 Å². The number of carbonyl (C=O) groups excluding carboxylic acids is 1. The van der Waals surface area contributed by atoms with E-state index in [1.807, 2.05) is 0 Å². The van der Waals surface area contributed by atoms with E-state index in [9.17, 15) is 14.4 Å². The number of alkyl halides is 1. The van der Waals surface area contributed by atoms with Crippen LogP contribution in [0.2, 0.25) is 0 Å². The second kappa shape index (κ2) is 7.15. The summed E-state index contributed by atoms with van der Waals surface area (Å²) in [5.74, 6) is -2.13. The number of esters is 1. The number of methoxy groups -OCH3 is 1. The molecular weight excluding hydrogens is 283 g/mol. The highest BCUT2D eigenvalue weighted by Gasteiger charge is 2.50. The van der Waals surface area contributed by atoms with Crippen molar-refractivity contribution in [1.82, 2.24) is 0 Å². The molecule has 0 radical (unpaired) electrons. The molecule has 1 saturated heterocycles. The van der Waals surface area contributed by atoms with Gasteiger partial charge >= 0.3 is 5.97 Å².